The first kappa shape index (κ1) is 10.8. The van der Waals surface area contributed by atoms with Crippen LogP contribution in [0.5, 0.6) is 0 Å². The van der Waals surface area contributed by atoms with Crippen LogP contribution in [0.25, 0.3) is 10.1 Å². The molecule has 0 amide bonds. The van der Waals surface area contributed by atoms with E-state index in [1.807, 2.05) is 25.1 Å². The Bertz CT molecular complexity index is 501. The zero-order valence-corrected chi connectivity index (χ0v) is 10.8. The highest BCUT2D eigenvalue weighted by atomic mass is 79.9. The van der Waals surface area contributed by atoms with Crippen LogP contribution in [0.3, 0.4) is 0 Å². The molecule has 0 spiro atoms. The van der Waals surface area contributed by atoms with Crippen molar-refractivity contribution >= 4 is 43.1 Å². The van der Waals surface area contributed by atoms with Crippen molar-refractivity contribution in [2.45, 2.75) is 19.8 Å². The average Bonchev–Trinajstić information content (AvgIpc) is 2.60. The summed E-state index contributed by atoms with van der Waals surface area (Å²) >= 11 is 5.01. The van der Waals surface area contributed by atoms with Gasteiger partial charge in [-0.3, -0.25) is 4.79 Å². The fourth-order valence-corrected chi connectivity index (χ4v) is 2.89. The summed E-state index contributed by atoms with van der Waals surface area (Å²) in [6, 6.07) is 8.09. The third-order valence-corrected chi connectivity index (χ3v) is 3.88. The van der Waals surface area contributed by atoms with Crippen LogP contribution in [0.2, 0.25) is 0 Å². The second-order valence-corrected chi connectivity index (χ2v) is 5.47. The number of hydrogen-bond donors (Lipinski definition) is 0. The number of fused-ring (bicyclic) bond motifs is 1. The van der Waals surface area contributed by atoms with E-state index in [0.29, 0.717) is 6.42 Å². The molecule has 1 nitrogen and oxygen atoms in total. The van der Waals surface area contributed by atoms with Crippen LogP contribution in [0.1, 0.15) is 29.4 Å². The first-order chi connectivity index (χ1) is 7.20. The highest BCUT2D eigenvalue weighted by Crippen LogP contribution is 2.29. The van der Waals surface area contributed by atoms with Gasteiger partial charge in [-0.15, -0.1) is 11.3 Å². The molecule has 0 bridgehead atoms. The van der Waals surface area contributed by atoms with E-state index in [-0.39, 0.29) is 5.78 Å². The molecule has 1 heterocycles. The molecule has 78 valence electrons. The summed E-state index contributed by atoms with van der Waals surface area (Å²) in [5, 5.41) is 1.15. The number of halogens is 1. The minimum Gasteiger partial charge on any atom is -0.293 e. The van der Waals surface area contributed by atoms with Crippen LogP contribution in [0, 0.1) is 0 Å². The lowest BCUT2D eigenvalue weighted by Gasteiger charge is -1.90. The van der Waals surface area contributed by atoms with Gasteiger partial charge in [0.15, 0.2) is 5.78 Å². The summed E-state index contributed by atoms with van der Waals surface area (Å²) in [5.41, 5.74) is 0. The molecule has 0 N–H and O–H groups in total. The summed E-state index contributed by atoms with van der Waals surface area (Å²) in [4.78, 5) is 12.6. The van der Waals surface area contributed by atoms with E-state index in [9.17, 15) is 4.79 Å². The van der Waals surface area contributed by atoms with Gasteiger partial charge in [-0.1, -0.05) is 22.9 Å². The van der Waals surface area contributed by atoms with Gasteiger partial charge in [0.2, 0.25) is 0 Å². The van der Waals surface area contributed by atoms with E-state index < -0.39 is 0 Å². The quantitative estimate of drug-likeness (QED) is 0.749. The molecule has 0 aliphatic carbocycles. The number of ketones is 1. The average molecular weight is 283 g/mol. The Labute approximate surface area is 101 Å². The third kappa shape index (κ3) is 2.29. The summed E-state index contributed by atoms with van der Waals surface area (Å²) in [5.74, 6) is 0.259. The van der Waals surface area contributed by atoms with E-state index in [0.717, 1.165) is 21.2 Å². The van der Waals surface area contributed by atoms with E-state index in [1.54, 1.807) is 11.3 Å². The molecule has 0 fully saturated rings. The summed E-state index contributed by atoms with van der Waals surface area (Å²) in [7, 11) is 0. The molecule has 0 aliphatic heterocycles. The Balaban J connectivity index is 2.42. The molecule has 1 aromatic heterocycles. The van der Waals surface area contributed by atoms with Crippen LogP contribution >= 0.6 is 27.3 Å². The van der Waals surface area contributed by atoms with Crippen molar-refractivity contribution in [3.8, 4) is 0 Å². The topological polar surface area (TPSA) is 17.1 Å². The van der Waals surface area contributed by atoms with Gasteiger partial charge in [0, 0.05) is 15.6 Å². The van der Waals surface area contributed by atoms with Gasteiger partial charge in [-0.2, -0.15) is 0 Å². The van der Waals surface area contributed by atoms with Gasteiger partial charge in [0.05, 0.1) is 4.88 Å². The lowest BCUT2D eigenvalue weighted by atomic mass is 10.2. The van der Waals surface area contributed by atoms with Crippen molar-refractivity contribution in [2.24, 2.45) is 0 Å². The lowest BCUT2D eigenvalue weighted by Crippen LogP contribution is -1.93. The Kier molecular flexibility index (Phi) is 3.22. The van der Waals surface area contributed by atoms with Crippen molar-refractivity contribution in [1.29, 1.82) is 0 Å². The number of Topliss-reactive ketones (excluding diaryl/α,β-unsaturated/α-hetero) is 1. The number of benzene rings is 1. The normalized spacial score (nSPS) is 10.8. The highest BCUT2D eigenvalue weighted by molar-refractivity contribution is 9.10. The molecule has 3 heteroatoms. The monoisotopic (exact) mass is 282 g/mol. The van der Waals surface area contributed by atoms with Crippen LogP contribution in [-0.4, -0.2) is 5.78 Å². The molecule has 0 saturated carbocycles. The Morgan fingerprint density at radius 2 is 2.20 bits per heavy atom. The Hall–Kier alpha value is -0.670. The van der Waals surface area contributed by atoms with E-state index >= 15 is 0 Å². The molecular weight excluding hydrogens is 272 g/mol. The third-order valence-electron chi connectivity index (χ3n) is 2.23. The maximum Gasteiger partial charge on any atom is 0.172 e. The number of rotatable bonds is 3. The van der Waals surface area contributed by atoms with Gasteiger partial charge in [0.1, 0.15) is 0 Å². The van der Waals surface area contributed by atoms with Crippen molar-refractivity contribution in [2.75, 3.05) is 0 Å². The van der Waals surface area contributed by atoms with Crippen molar-refractivity contribution in [1.82, 2.24) is 0 Å². The Morgan fingerprint density at radius 3 is 2.93 bits per heavy atom. The van der Waals surface area contributed by atoms with Gasteiger partial charge >= 0.3 is 0 Å². The van der Waals surface area contributed by atoms with Gasteiger partial charge in [-0.05, 0) is 36.1 Å². The molecule has 15 heavy (non-hydrogen) atoms. The minimum atomic E-state index is 0.259. The number of carbonyl (C=O) groups is 1. The molecular formula is C12H11BrOS. The van der Waals surface area contributed by atoms with Crippen LogP contribution in [0.4, 0.5) is 0 Å². The van der Waals surface area contributed by atoms with E-state index in [1.165, 1.54) is 4.70 Å². The fraction of sp³-hybridized carbons (Fsp3) is 0.250. The van der Waals surface area contributed by atoms with Gasteiger partial charge < -0.3 is 0 Å². The van der Waals surface area contributed by atoms with Gasteiger partial charge in [0.25, 0.3) is 0 Å². The molecule has 1 aromatic carbocycles. The zero-order chi connectivity index (χ0) is 10.8. The minimum absolute atomic E-state index is 0.259. The maximum absolute atomic E-state index is 11.7. The zero-order valence-electron chi connectivity index (χ0n) is 8.42. The fourth-order valence-electron chi connectivity index (χ4n) is 1.50. The predicted octanol–water partition coefficient (Wildman–Crippen LogP) is 4.65. The molecule has 0 aliphatic rings. The maximum atomic E-state index is 11.7. The second kappa shape index (κ2) is 4.45. The van der Waals surface area contributed by atoms with Crippen LogP contribution in [0.15, 0.2) is 28.7 Å². The smallest absolute Gasteiger partial charge is 0.172 e. The first-order valence-corrected chi connectivity index (χ1v) is 6.54. The summed E-state index contributed by atoms with van der Waals surface area (Å²) < 4.78 is 2.24. The molecule has 0 unspecified atom stereocenters. The van der Waals surface area contributed by atoms with E-state index in [2.05, 4.69) is 22.0 Å². The summed E-state index contributed by atoms with van der Waals surface area (Å²) in [6.45, 7) is 2.03. The van der Waals surface area contributed by atoms with Crippen molar-refractivity contribution in [3.63, 3.8) is 0 Å². The molecule has 0 saturated heterocycles. The van der Waals surface area contributed by atoms with E-state index in [4.69, 9.17) is 0 Å². The van der Waals surface area contributed by atoms with Crippen LogP contribution in [-0.2, 0) is 0 Å². The summed E-state index contributed by atoms with van der Waals surface area (Å²) in [6.07, 6.45) is 1.56. The van der Waals surface area contributed by atoms with Crippen molar-refractivity contribution in [3.05, 3.63) is 33.6 Å². The second-order valence-electron chi connectivity index (χ2n) is 3.47. The Morgan fingerprint density at radius 1 is 1.40 bits per heavy atom. The molecule has 0 atom stereocenters. The lowest BCUT2D eigenvalue weighted by molar-refractivity contribution is 0.0985. The first-order valence-electron chi connectivity index (χ1n) is 4.93. The largest absolute Gasteiger partial charge is 0.293 e. The number of thiophene rings is 1. The number of hydrogen-bond acceptors (Lipinski definition) is 2. The molecule has 2 aromatic rings. The SMILES string of the molecule is CCCC(=O)c1cc2cc(Br)ccc2s1. The van der Waals surface area contributed by atoms with Crippen LogP contribution < -0.4 is 0 Å². The van der Waals surface area contributed by atoms with Crippen molar-refractivity contribution < 1.29 is 4.79 Å². The molecule has 0 radical (unpaired) electrons. The van der Waals surface area contributed by atoms with Gasteiger partial charge in [-0.25, -0.2) is 0 Å². The molecule has 2 rings (SSSR count). The highest BCUT2D eigenvalue weighted by Gasteiger charge is 2.09. The number of carbonyl (C=O) groups excluding carboxylic acids is 1. The predicted molar refractivity (Wildman–Crippen MR) is 68.8 cm³/mol. The standard InChI is InChI=1S/C12H11BrOS/c1-2-3-10(14)12-7-8-6-9(13)4-5-11(8)15-12/h4-7H,2-3H2,1H3.